The molecule has 0 amide bonds. The third-order valence-corrected chi connectivity index (χ3v) is 4.93. The molecule has 1 aliphatic rings. The predicted molar refractivity (Wildman–Crippen MR) is 111 cm³/mol. The van der Waals surface area contributed by atoms with Crippen molar-refractivity contribution < 1.29 is 33.9 Å². The van der Waals surface area contributed by atoms with Crippen LogP contribution >= 0.6 is 0 Å². The molecule has 3 heterocycles. The number of benzene rings is 1. The molecule has 2 N–H and O–H groups in total. The Morgan fingerprint density at radius 2 is 2.00 bits per heavy atom. The van der Waals surface area contributed by atoms with Crippen molar-refractivity contribution in [3.05, 3.63) is 71.0 Å². The Morgan fingerprint density at radius 1 is 1.23 bits per heavy atom. The number of pyridine rings is 1. The number of hydrogen-bond donors (Lipinski definition) is 2. The second-order valence-electron chi connectivity index (χ2n) is 7.13. The normalized spacial score (nSPS) is 13.4. The van der Waals surface area contributed by atoms with Crippen molar-refractivity contribution in [2.45, 2.75) is 38.6 Å². The maximum atomic E-state index is 14.4. The number of aromatic nitrogens is 6. The first-order valence-electron chi connectivity index (χ1n) is 9.76. The van der Waals surface area contributed by atoms with Crippen molar-refractivity contribution in [3.63, 3.8) is 0 Å². The summed E-state index contributed by atoms with van der Waals surface area (Å²) >= 11 is 0. The number of aryl methyl sites for hydroxylation is 1. The first-order valence-corrected chi connectivity index (χ1v) is 9.76. The summed E-state index contributed by atoms with van der Waals surface area (Å²) in [5.41, 5.74) is 2.35. The minimum absolute atomic E-state index is 0. The minimum Gasteiger partial charge on any atom is -0.436 e. The second-order valence-corrected chi connectivity index (χ2v) is 7.13. The van der Waals surface area contributed by atoms with Crippen molar-refractivity contribution >= 4 is 16.9 Å². The van der Waals surface area contributed by atoms with Gasteiger partial charge in [-0.2, -0.15) is 5.10 Å². The zero-order valence-electron chi connectivity index (χ0n) is 17.5. The van der Waals surface area contributed by atoms with Gasteiger partial charge in [0.25, 0.3) is 0 Å². The molecule has 0 atom stereocenters. The molecular formula is C21H21FN7NaO. The van der Waals surface area contributed by atoms with E-state index < -0.39 is 5.82 Å². The van der Waals surface area contributed by atoms with Gasteiger partial charge < -0.3 is 15.3 Å². The molecule has 0 bridgehead atoms. The number of para-hydroxylation sites is 2. The van der Waals surface area contributed by atoms with E-state index >= 15 is 0 Å². The molecule has 10 heteroatoms. The van der Waals surface area contributed by atoms with Crippen LogP contribution in [0.15, 0.2) is 47.5 Å². The molecule has 0 saturated heterocycles. The molecule has 0 aliphatic heterocycles. The Kier molecular flexibility index (Phi) is 7.89. The number of aromatic amines is 1. The number of hydrogen-bond acceptors (Lipinski definition) is 6. The van der Waals surface area contributed by atoms with Crippen LogP contribution in [0.4, 0.5) is 10.2 Å². The molecule has 1 aliphatic carbocycles. The van der Waals surface area contributed by atoms with Gasteiger partial charge in [0, 0.05) is 12.1 Å². The summed E-state index contributed by atoms with van der Waals surface area (Å²) in [6.07, 6.45) is 9.89. The van der Waals surface area contributed by atoms with Gasteiger partial charge in [0.2, 0.25) is 0 Å². The van der Waals surface area contributed by atoms with E-state index in [1.165, 1.54) is 29.7 Å². The summed E-state index contributed by atoms with van der Waals surface area (Å²) in [6, 6.07) is 8.95. The SMILES string of the molecule is Cc1cn[c-]nn1.O=c1[nH]c2ccccc2n1-c1cnc(NC2CCCC2)c(F)c1.[Na+]. The average Bonchev–Trinajstić information content (AvgIpc) is 3.37. The maximum absolute atomic E-state index is 14.4. The fourth-order valence-electron chi connectivity index (χ4n) is 3.51. The molecular weight excluding hydrogens is 408 g/mol. The molecule has 8 nitrogen and oxygen atoms in total. The van der Waals surface area contributed by atoms with E-state index in [4.69, 9.17) is 0 Å². The largest absolute Gasteiger partial charge is 1.00 e. The third-order valence-electron chi connectivity index (χ3n) is 4.93. The number of nitrogens with zero attached hydrogens (tertiary/aromatic N) is 5. The van der Waals surface area contributed by atoms with E-state index in [1.54, 1.807) is 6.20 Å². The first kappa shape index (κ1) is 23.1. The maximum Gasteiger partial charge on any atom is 1.00 e. The molecule has 4 aromatic rings. The van der Waals surface area contributed by atoms with Gasteiger partial charge in [0.1, 0.15) is 0 Å². The quantitative estimate of drug-likeness (QED) is 0.356. The first-order chi connectivity index (χ1) is 14.6. The molecule has 5 rings (SSSR count). The molecule has 1 fully saturated rings. The molecule has 0 spiro atoms. The summed E-state index contributed by atoms with van der Waals surface area (Å²) in [5, 5.41) is 10.2. The van der Waals surface area contributed by atoms with E-state index in [-0.39, 0.29) is 41.1 Å². The van der Waals surface area contributed by atoms with Crippen LogP contribution in [0.1, 0.15) is 31.4 Å². The van der Waals surface area contributed by atoms with E-state index in [1.807, 2.05) is 31.2 Å². The molecule has 1 saturated carbocycles. The van der Waals surface area contributed by atoms with Crippen LogP contribution in [0.5, 0.6) is 0 Å². The Balaban J connectivity index is 0.000000292. The van der Waals surface area contributed by atoms with Crippen LogP contribution < -0.4 is 40.6 Å². The molecule has 3 aromatic heterocycles. The zero-order valence-corrected chi connectivity index (χ0v) is 19.5. The molecule has 0 unspecified atom stereocenters. The Hall–Kier alpha value is -2.62. The van der Waals surface area contributed by atoms with Crippen LogP contribution in [-0.4, -0.2) is 35.8 Å². The van der Waals surface area contributed by atoms with Crippen molar-refractivity contribution in [2.24, 2.45) is 0 Å². The number of H-pyrrole nitrogens is 1. The van der Waals surface area contributed by atoms with Gasteiger partial charge in [-0.1, -0.05) is 25.0 Å². The van der Waals surface area contributed by atoms with Crippen LogP contribution in [0.25, 0.3) is 16.7 Å². The molecule has 154 valence electrons. The van der Waals surface area contributed by atoms with Crippen molar-refractivity contribution in [3.8, 4) is 5.69 Å². The number of imidazole rings is 1. The summed E-state index contributed by atoms with van der Waals surface area (Å²) < 4.78 is 15.8. The fourth-order valence-corrected chi connectivity index (χ4v) is 3.51. The number of nitrogens with one attached hydrogen (secondary N) is 2. The van der Waals surface area contributed by atoms with Crippen molar-refractivity contribution in [1.29, 1.82) is 0 Å². The summed E-state index contributed by atoms with van der Waals surface area (Å²) in [5.74, 6) is -0.180. The molecule has 1 aromatic carbocycles. The van der Waals surface area contributed by atoms with E-state index in [9.17, 15) is 9.18 Å². The van der Waals surface area contributed by atoms with Gasteiger partial charge in [-0.05, 0) is 43.9 Å². The fraction of sp³-hybridized carbons (Fsp3) is 0.286. The van der Waals surface area contributed by atoms with E-state index in [2.05, 4.69) is 36.8 Å². The van der Waals surface area contributed by atoms with Crippen molar-refractivity contribution in [1.82, 2.24) is 29.7 Å². The average molecular weight is 429 g/mol. The van der Waals surface area contributed by atoms with E-state index in [0.29, 0.717) is 22.8 Å². The number of halogens is 1. The monoisotopic (exact) mass is 429 g/mol. The standard InChI is InChI=1S/C17H17FN4O.C4H4N3.Na/c18-13-9-12(10-19-16(13)20-11-5-1-2-6-11)22-15-8-4-3-7-14(15)21-17(22)23;1-4-2-5-3-6-7-4;/h3-4,7-11H,1-2,5-6H2,(H,19,20)(H,21,23);2H,1H3;/q;-1;+1. The Bertz CT molecular complexity index is 1190. The van der Waals surface area contributed by atoms with Gasteiger partial charge in [-0.25, -0.2) is 19.3 Å². The topological polar surface area (TPSA) is 101 Å². The van der Waals surface area contributed by atoms with Gasteiger partial charge in [-0.3, -0.25) is 4.57 Å². The third kappa shape index (κ3) is 5.55. The van der Waals surface area contributed by atoms with Gasteiger partial charge in [-0.15, -0.1) is 6.20 Å². The predicted octanol–water partition coefficient (Wildman–Crippen LogP) is 0.192. The zero-order chi connectivity index (χ0) is 20.9. The van der Waals surface area contributed by atoms with E-state index in [0.717, 1.165) is 18.5 Å². The summed E-state index contributed by atoms with van der Waals surface area (Å²) in [6.45, 7) is 1.83. The summed E-state index contributed by atoms with van der Waals surface area (Å²) in [4.78, 5) is 22.7. The second kappa shape index (κ2) is 10.6. The van der Waals surface area contributed by atoms with Gasteiger partial charge in [0.05, 0.1) is 22.9 Å². The number of anilines is 1. The number of rotatable bonds is 3. The molecule has 0 radical (unpaired) electrons. The smallest absolute Gasteiger partial charge is 0.436 e. The Morgan fingerprint density at radius 3 is 2.65 bits per heavy atom. The van der Waals surface area contributed by atoms with Crippen LogP contribution in [0.2, 0.25) is 0 Å². The van der Waals surface area contributed by atoms with Crippen LogP contribution in [0, 0.1) is 19.1 Å². The van der Waals surface area contributed by atoms with Crippen LogP contribution in [-0.2, 0) is 0 Å². The van der Waals surface area contributed by atoms with Crippen LogP contribution in [0.3, 0.4) is 0 Å². The van der Waals surface area contributed by atoms with Gasteiger partial charge in [0.15, 0.2) is 11.6 Å². The Labute approximate surface area is 200 Å². The van der Waals surface area contributed by atoms with Gasteiger partial charge >= 0.3 is 35.2 Å². The molecule has 31 heavy (non-hydrogen) atoms. The number of fused-ring (bicyclic) bond motifs is 1. The minimum atomic E-state index is -0.438. The van der Waals surface area contributed by atoms with Crippen molar-refractivity contribution in [2.75, 3.05) is 5.32 Å². The summed E-state index contributed by atoms with van der Waals surface area (Å²) in [7, 11) is 0.